The van der Waals surface area contributed by atoms with Gasteiger partial charge < -0.3 is 19.5 Å². The summed E-state index contributed by atoms with van der Waals surface area (Å²) in [4.78, 5) is 13.8. The van der Waals surface area contributed by atoms with Crippen LogP contribution in [0.4, 0.5) is 11.5 Å². The third-order valence-corrected chi connectivity index (χ3v) is 4.99. The maximum Gasteiger partial charge on any atom is 0.191 e. The normalized spacial score (nSPS) is 16.6. The second kappa shape index (κ2) is 7.61. The number of fused-ring (bicyclic) bond motifs is 1. The van der Waals surface area contributed by atoms with Crippen molar-refractivity contribution in [1.82, 2.24) is 19.5 Å². The summed E-state index contributed by atoms with van der Waals surface area (Å²) in [5.41, 5.74) is 2.30. The van der Waals surface area contributed by atoms with E-state index in [9.17, 15) is 0 Å². The zero-order chi connectivity index (χ0) is 18.8. The average molecular weight is 387 g/mol. The first kappa shape index (κ1) is 17.9. The highest BCUT2D eigenvalue weighted by molar-refractivity contribution is 7.98. The number of methoxy groups -OCH3 is 2. The van der Waals surface area contributed by atoms with E-state index in [2.05, 4.69) is 20.3 Å². The summed E-state index contributed by atoms with van der Waals surface area (Å²) in [6.45, 7) is 0.765. The second-order valence-corrected chi connectivity index (χ2v) is 6.82. The molecular weight excluding hydrogens is 366 g/mol. The van der Waals surface area contributed by atoms with Gasteiger partial charge in [-0.15, -0.1) is 0 Å². The van der Waals surface area contributed by atoms with E-state index in [-0.39, 0.29) is 6.23 Å². The Kier molecular flexibility index (Phi) is 5.04. The fourth-order valence-corrected chi connectivity index (χ4v) is 3.48. The van der Waals surface area contributed by atoms with Crippen molar-refractivity contribution >= 4 is 34.4 Å². The first-order chi connectivity index (χ1) is 13.2. The molecule has 1 N–H and O–H groups in total. The highest BCUT2D eigenvalue weighted by Gasteiger charge is 2.22. The van der Waals surface area contributed by atoms with E-state index >= 15 is 0 Å². The van der Waals surface area contributed by atoms with E-state index in [1.807, 2.05) is 29.0 Å². The predicted molar refractivity (Wildman–Crippen MR) is 104 cm³/mol. The van der Waals surface area contributed by atoms with Crippen molar-refractivity contribution in [2.24, 2.45) is 0 Å². The Hall–Kier alpha value is -2.52. The van der Waals surface area contributed by atoms with E-state index in [0.29, 0.717) is 28.0 Å². The zero-order valence-corrected chi connectivity index (χ0v) is 16.2. The van der Waals surface area contributed by atoms with Crippen LogP contribution < -0.4 is 14.8 Å². The molecule has 0 spiro atoms. The number of aromatic nitrogens is 4. The Bertz CT molecular complexity index is 956. The zero-order valence-electron chi connectivity index (χ0n) is 15.4. The van der Waals surface area contributed by atoms with Gasteiger partial charge in [-0.2, -0.15) is 0 Å². The number of hydrogen-bond acceptors (Lipinski definition) is 8. The lowest BCUT2D eigenvalue weighted by atomic mass is 10.2. The summed E-state index contributed by atoms with van der Waals surface area (Å²) in [7, 11) is 3.22. The van der Waals surface area contributed by atoms with Gasteiger partial charge in [-0.3, -0.25) is 4.57 Å². The minimum absolute atomic E-state index is 0.0199. The van der Waals surface area contributed by atoms with Crippen molar-refractivity contribution in [2.45, 2.75) is 24.2 Å². The number of rotatable bonds is 6. The van der Waals surface area contributed by atoms with Crippen LogP contribution in [0.15, 0.2) is 29.7 Å². The predicted octanol–water partition coefficient (Wildman–Crippen LogP) is 3.62. The van der Waals surface area contributed by atoms with Gasteiger partial charge in [-0.25, -0.2) is 15.0 Å². The minimum atomic E-state index is -0.0199. The second-order valence-electron chi connectivity index (χ2n) is 6.05. The fraction of sp³-hybridized carbons (Fsp3) is 0.389. The molecule has 1 aromatic carbocycles. The summed E-state index contributed by atoms with van der Waals surface area (Å²) in [5.74, 6) is 1.96. The lowest BCUT2D eigenvalue weighted by Crippen LogP contribution is -2.07. The molecule has 0 aliphatic carbocycles. The van der Waals surface area contributed by atoms with E-state index in [0.717, 1.165) is 30.8 Å². The molecule has 2 aromatic heterocycles. The molecule has 1 unspecified atom stereocenters. The van der Waals surface area contributed by atoms with Gasteiger partial charge in [0.2, 0.25) is 0 Å². The molecule has 3 heterocycles. The summed E-state index contributed by atoms with van der Waals surface area (Å²) in [5, 5.41) is 4.01. The molecular formula is C18H21N5O3S. The molecule has 0 saturated carbocycles. The number of nitrogens with one attached hydrogen (secondary N) is 1. The molecule has 0 radical (unpaired) electrons. The van der Waals surface area contributed by atoms with Crippen LogP contribution in [0.5, 0.6) is 11.5 Å². The third-order valence-electron chi connectivity index (χ3n) is 4.45. The number of nitrogens with zero attached hydrogens (tertiary/aromatic N) is 4. The van der Waals surface area contributed by atoms with Gasteiger partial charge in [0.15, 0.2) is 33.6 Å². The van der Waals surface area contributed by atoms with Gasteiger partial charge >= 0.3 is 0 Å². The standard InChI is InChI=1S/C18H21N5O3S/c1-24-12-7-6-11(9-13(12)25-2)20-16-15-17(22-18(21-16)27-3)23(10-19-15)14-5-4-8-26-14/h6-7,9-10,14H,4-5,8H2,1-3H3,(H,20,21,22). The maximum absolute atomic E-state index is 5.80. The number of imidazole rings is 1. The minimum Gasteiger partial charge on any atom is -0.493 e. The van der Waals surface area contributed by atoms with Crippen LogP contribution in [0.2, 0.25) is 0 Å². The quantitative estimate of drug-likeness (QED) is 0.507. The molecule has 1 aliphatic heterocycles. The monoisotopic (exact) mass is 387 g/mol. The van der Waals surface area contributed by atoms with Crippen molar-refractivity contribution in [3.05, 3.63) is 24.5 Å². The van der Waals surface area contributed by atoms with Crippen LogP contribution in [-0.4, -0.2) is 46.6 Å². The number of hydrogen-bond donors (Lipinski definition) is 1. The summed E-state index contributed by atoms with van der Waals surface area (Å²) < 4.78 is 18.5. The Labute approximate surface area is 161 Å². The van der Waals surface area contributed by atoms with Crippen molar-refractivity contribution in [3.8, 4) is 11.5 Å². The average Bonchev–Trinajstić information content (AvgIpc) is 3.37. The largest absolute Gasteiger partial charge is 0.493 e. The Morgan fingerprint density at radius 2 is 2.07 bits per heavy atom. The maximum atomic E-state index is 5.80. The molecule has 4 rings (SSSR count). The summed E-state index contributed by atoms with van der Waals surface area (Å²) in [6.07, 6.45) is 5.71. The number of ether oxygens (including phenoxy) is 3. The van der Waals surface area contributed by atoms with Gasteiger partial charge in [-0.05, 0) is 31.2 Å². The van der Waals surface area contributed by atoms with Gasteiger partial charge in [0.05, 0.1) is 20.5 Å². The molecule has 1 saturated heterocycles. The lowest BCUT2D eigenvalue weighted by molar-refractivity contribution is 0.0592. The van der Waals surface area contributed by atoms with E-state index < -0.39 is 0 Å². The molecule has 0 bridgehead atoms. The van der Waals surface area contributed by atoms with Crippen molar-refractivity contribution in [3.63, 3.8) is 0 Å². The van der Waals surface area contributed by atoms with Crippen LogP contribution >= 0.6 is 11.8 Å². The highest BCUT2D eigenvalue weighted by atomic mass is 32.2. The smallest absolute Gasteiger partial charge is 0.191 e. The van der Waals surface area contributed by atoms with E-state index in [1.165, 1.54) is 11.8 Å². The van der Waals surface area contributed by atoms with Crippen molar-refractivity contribution < 1.29 is 14.2 Å². The highest BCUT2D eigenvalue weighted by Crippen LogP contribution is 2.33. The van der Waals surface area contributed by atoms with Crippen LogP contribution in [-0.2, 0) is 4.74 Å². The molecule has 1 aliphatic rings. The summed E-state index contributed by atoms with van der Waals surface area (Å²) in [6, 6.07) is 5.62. The Balaban J connectivity index is 1.75. The molecule has 27 heavy (non-hydrogen) atoms. The van der Waals surface area contributed by atoms with E-state index in [4.69, 9.17) is 14.2 Å². The molecule has 3 aromatic rings. The molecule has 8 nitrogen and oxygen atoms in total. The van der Waals surface area contributed by atoms with Crippen LogP contribution in [0, 0.1) is 0 Å². The fourth-order valence-electron chi connectivity index (χ4n) is 3.12. The first-order valence-corrected chi connectivity index (χ1v) is 9.85. The SMILES string of the molecule is COc1ccc(Nc2nc(SC)nc3c2ncn3C2CCCO2)cc1OC. The number of anilines is 2. The molecule has 0 amide bonds. The Morgan fingerprint density at radius 1 is 1.22 bits per heavy atom. The molecule has 9 heteroatoms. The lowest BCUT2D eigenvalue weighted by Gasteiger charge is -2.13. The topological polar surface area (TPSA) is 83.3 Å². The van der Waals surface area contributed by atoms with Crippen molar-refractivity contribution in [2.75, 3.05) is 32.4 Å². The van der Waals surface area contributed by atoms with Crippen LogP contribution in [0.3, 0.4) is 0 Å². The van der Waals surface area contributed by atoms with Crippen LogP contribution in [0.25, 0.3) is 11.2 Å². The van der Waals surface area contributed by atoms with E-state index in [1.54, 1.807) is 20.5 Å². The first-order valence-electron chi connectivity index (χ1n) is 8.62. The van der Waals surface area contributed by atoms with Gasteiger partial charge in [0.25, 0.3) is 0 Å². The number of benzene rings is 1. The Morgan fingerprint density at radius 3 is 2.78 bits per heavy atom. The van der Waals surface area contributed by atoms with Crippen molar-refractivity contribution in [1.29, 1.82) is 0 Å². The summed E-state index contributed by atoms with van der Waals surface area (Å²) >= 11 is 1.49. The van der Waals surface area contributed by atoms with Crippen LogP contribution in [0.1, 0.15) is 19.1 Å². The molecule has 142 valence electrons. The van der Waals surface area contributed by atoms with Gasteiger partial charge in [0, 0.05) is 18.4 Å². The number of thioether (sulfide) groups is 1. The molecule has 1 fully saturated rings. The van der Waals surface area contributed by atoms with Gasteiger partial charge in [-0.1, -0.05) is 11.8 Å². The third kappa shape index (κ3) is 3.40. The van der Waals surface area contributed by atoms with Gasteiger partial charge in [0.1, 0.15) is 6.23 Å². The molecule has 1 atom stereocenters.